The van der Waals surface area contributed by atoms with E-state index in [4.69, 9.17) is 4.74 Å². The molecule has 0 unspecified atom stereocenters. The van der Waals surface area contributed by atoms with Crippen molar-refractivity contribution in [3.05, 3.63) is 84.2 Å². The number of pyridine rings is 1. The van der Waals surface area contributed by atoms with E-state index in [1.165, 1.54) is 0 Å². The molecule has 1 fully saturated rings. The largest absolute Gasteiger partial charge is 0.497 e. The van der Waals surface area contributed by atoms with Crippen LogP contribution in [0.1, 0.15) is 28.5 Å². The summed E-state index contributed by atoms with van der Waals surface area (Å²) in [5.41, 5.74) is 3.15. The SMILES string of the molecule is COc1ccc(N2CCN(C(=O)C[C@@H]3c4ncccc4C(=O)N3c3ccccc3)CC2)cc1. The van der Waals surface area contributed by atoms with E-state index in [1.807, 2.05) is 59.5 Å². The second-order valence-electron chi connectivity index (χ2n) is 8.23. The Morgan fingerprint density at radius 3 is 2.36 bits per heavy atom. The zero-order valence-corrected chi connectivity index (χ0v) is 18.6. The Hall–Kier alpha value is -3.87. The van der Waals surface area contributed by atoms with Gasteiger partial charge in [0.2, 0.25) is 5.91 Å². The number of ether oxygens (including phenoxy) is 1. The van der Waals surface area contributed by atoms with Crippen molar-refractivity contribution >= 4 is 23.2 Å². The number of rotatable bonds is 5. The molecule has 0 radical (unpaired) electrons. The van der Waals surface area contributed by atoms with Crippen LogP contribution >= 0.6 is 0 Å². The molecule has 3 heterocycles. The van der Waals surface area contributed by atoms with Crippen LogP contribution in [0.2, 0.25) is 0 Å². The van der Waals surface area contributed by atoms with E-state index >= 15 is 0 Å². The molecule has 168 valence electrons. The highest BCUT2D eigenvalue weighted by Gasteiger charge is 2.40. The van der Waals surface area contributed by atoms with Gasteiger partial charge in [0.05, 0.1) is 30.8 Å². The molecule has 7 heteroatoms. The molecule has 1 aromatic heterocycles. The highest BCUT2D eigenvalue weighted by atomic mass is 16.5. The van der Waals surface area contributed by atoms with Crippen molar-refractivity contribution < 1.29 is 14.3 Å². The Morgan fingerprint density at radius 1 is 0.939 bits per heavy atom. The Morgan fingerprint density at radius 2 is 1.67 bits per heavy atom. The molecule has 2 aliphatic heterocycles. The third-order valence-electron chi connectivity index (χ3n) is 6.39. The van der Waals surface area contributed by atoms with Crippen LogP contribution in [-0.2, 0) is 4.79 Å². The zero-order valence-electron chi connectivity index (χ0n) is 18.6. The maximum atomic E-state index is 13.3. The number of benzene rings is 2. The van der Waals surface area contributed by atoms with Crippen LogP contribution in [0.5, 0.6) is 5.75 Å². The standard InChI is InChI=1S/C26H26N4O3/c1-33-21-11-9-19(10-12-21)28-14-16-29(17-15-28)24(31)18-23-25-22(8-5-13-27-25)26(32)30(23)20-6-3-2-4-7-20/h2-13,23H,14-18H2,1H3/t23-/m1/s1. The number of methoxy groups -OCH3 is 1. The van der Waals surface area contributed by atoms with Crippen molar-refractivity contribution in [2.24, 2.45) is 0 Å². The lowest BCUT2D eigenvalue weighted by atomic mass is 10.1. The van der Waals surface area contributed by atoms with E-state index in [1.54, 1.807) is 30.3 Å². The fourth-order valence-electron chi connectivity index (χ4n) is 4.63. The number of carbonyl (C=O) groups is 2. The van der Waals surface area contributed by atoms with Crippen molar-refractivity contribution in [1.29, 1.82) is 0 Å². The quantitative estimate of drug-likeness (QED) is 0.605. The van der Waals surface area contributed by atoms with Crippen LogP contribution in [0, 0.1) is 0 Å². The topological polar surface area (TPSA) is 66.0 Å². The van der Waals surface area contributed by atoms with Gasteiger partial charge in [0.1, 0.15) is 5.75 Å². The lowest BCUT2D eigenvalue weighted by molar-refractivity contribution is -0.131. The van der Waals surface area contributed by atoms with Gasteiger partial charge in [-0.05, 0) is 48.5 Å². The Bertz CT molecular complexity index is 1140. The Kier molecular flexibility index (Phi) is 5.69. The van der Waals surface area contributed by atoms with E-state index < -0.39 is 6.04 Å². The molecule has 0 saturated carbocycles. The predicted octanol–water partition coefficient (Wildman–Crippen LogP) is 3.53. The summed E-state index contributed by atoms with van der Waals surface area (Å²) in [5, 5.41) is 0. The van der Waals surface area contributed by atoms with E-state index in [9.17, 15) is 9.59 Å². The number of aromatic nitrogens is 1. The van der Waals surface area contributed by atoms with Crippen molar-refractivity contribution in [2.45, 2.75) is 12.5 Å². The van der Waals surface area contributed by atoms with Crippen molar-refractivity contribution in [2.75, 3.05) is 43.1 Å². The fraction of sp³-hybridized carbons (Fsp3) is 0.269. The van der Waals surface area contributed by atoms with Crippen LogP contribution in [-0.4, -0.2) is 55.0 Å². The van der Waals surface area contributed by atoms with Gasteiger partial charge in [0.15, 0.2) is 0 Å². The summed E-state index contributed by atoms with van der Waals surface area (Å²) in [6, 6.07) is 20.7. The first kappa shape index (κ1) is 21.0. The summed E-state index contributed by atoms with van der Waals surface area (Å²) in [6.07, 6.45) is 1.90. The first-order valence-corrected chi connectivity index (χ1v) is 11.2. The van der Waals surface area contributed by atoms with Crippen LogP contribution < -0.4 is 14.5 Å². The molecular weight excluding hydrogens is 416 g/mol. The van der Waals surface area contributed by atoms with Gasteiger partial charge in [0.25, 0.3) is 5.91 Å². The molecule has 2 aliphatic rings. The number of amides is 2. The molecule has 3 aromatic rings. The minimum atomic E-state index is -0.400. The first-order chi connectivity index (χ1) is 16.2. The van der Waals surface area contributed by atoms with Gasteiger partial charge in [0, 0.05) is 43.8 Å². The maximum absolute atomic E-state index is 13.3. The van der Waals surface area contributed by atoms with E-state index in [0.29, 0.717) is 24.3 Å². The number of anilines is 2. The number of nitrogens with zero attached hydrogens (tertiary/aromatic N) is 4. The van der Waals surface area contributed by atoms with Gasteiger partial charge in [-0.3, -0.25) is 19.5 Å². The number of hydrogen-bond acceptors (Lipinski definition) is 5. The summed E-state index contributed by atoms with van der Waals surface area (Å²) in [5.74, 6) is 0.767. The van der Waals surface area contributed by atoms with Gasteiger partial charge in [-0.1, -0.05) is 18.2 Å². The summed E-state index contributed by atoms with van der Waals surface area (Å²) >= 11 is 0. The number of carbonyl (C=O) groups excluding carboxylic acids is 2. The molecule has 1 atom stereocenters. The fourth-order valence-corrected chi connectivity index (χ4v) is 4.63. The molecule has 2 aromatic carbocycles. The summed E-state index contributed by atoms with van der Waals surface area (Å²) < 4.78 is 5.24. The van der Waals surface area contributed by atoms with Gasteiger partial charge in [-0.15, -0.1) is 0 Å². The lowest BCUT2D eigenvalue weighted by Crippen LogP contribution is -2.49. The number of para-hydroxylation sites is 1. The normalized spacial score (nSPS) is 17.8. The van der Waals surface area contributed by atoms with Gasteiger partial charge in [-0.2, -0.15) is 0 Å². The van der Waals surface area contributed by atoms with Gasteiger partial charge in [-0.25, -0.2) is 0 Å². The smallest absolute Gasteiger partial charge is 0.260 e. The zero-order chi connectivity index (χ0) is 22.8. The van der Waals surface area contributed by atoms with Gasteiger partial charge >= 0.3 is 0 Å². The Labute approximate surface area is 193 Å². The highest BCUT2D eigenvalue weighted by Crippen LogP contribution is 2.38. The van der Waals surface area contributed by atoms with Crippen LogP contribution in [0.25, 0.3) is 0 Å². The minimum absolute atomic E-state index is 0.0432. The van der Waals surface area contributed by atoms with Crippen LogP contribution in [0.4, 0.5) is 11.4 Å². The molecule has 1 saturated heterocycles. The summed E-state index contributed by atoms with van der Waals surface area (Å²) in [6.45, 7) is 2.82. The number of hydrogen-bond donors (Lipinski definition) is 0. The van der Waals surface area contributed by atoms with E-state index in [-0.39, 0.29) is 18.2 Å². The molecule has 7 nitrogen and oxygen atoms in total. The second-order valence-corrected chi connectivity index (χ2v) is 8.23. The van der Waals surface area contributed by atoms with E-state index in [2.05, 4.69) is 9.88 Å². The number of piperazine rings is 1. The molecule has 0 spiro atoms. The monoisotopic (exact) mass is 442 g/mol. The summed E-state index contributed by atoms with van der Waals surface area (Å²) in [4.78, 5) is 36.8. The van der Waals surface area contributed by atoms with Crippen molar-refractivity contribution in [3.63, 3.8) is 0 Å². The van der Waals surface area contributed by atoms with E-state index in [0.717, 1.165) is 30.2 Å². The summed E-state index contributed by atoms with van der Waals surface area (Å²) in [7, 11) is 1.66. The average Bonchev–Trinajstić information content (AvgIpc) is 3.16. The van der Waals surface area contributed by atoms with Crippen LogP contribution in [0.15, 0.2) is 72.9 Å². The number of fused-ring (bicyclic) bond motifs is 1. The van der Waals surface area contributed by atoms with Crippen molar-refractivity contribution in [3.8, 4) is 5.75 Å². The predicted molar refractivity (Wildman–Crippen MR) is 127 cm³/mol. The Balaban J connectivity index is 1.30. The highest BCUT2D eigenvalue weighted by molar-refractivity contribution is 6.11. The molecular formula is C26H26N4O3. The average molecular weight is 443 g/mol. The molecule has 0 bridgehead atoms. The third kappa shape index (κ3) is 4.02. The van der Waals surface area contributed by atoms with Gasteiger partial charge < -0.3 is 14.5 Å². The molecule has 33 heavy (non-hydrogen) atoms. The maximum Gasteiger partial charge on any atom is 0.260 e. The molecule has 2 amide bonds. The molecule has 0 N–H and O–H groups in total. The first-order valence-electron chi connectivity index (χ1n) is 11.2. The van der Waals surface area contributed by atoms with Crippen LogP contribution in [0.3, 0.4) is 0 Å². The lowest BCUT2D eigenvalue weighted by Gasteiger charge is -2.37. The van der Waals surface area contributed by atoms with Crippen molar-refractivity contribution in [1.82, 2.24) is 9.88 Å². The molecule has 5 rings (SSSR count). The molecule has 0 aliphatic carbocycles. The minimum Gasteiger partial charge on any atom is -0.497 e. The second kappa shape index (κ2) is 8.94. The third-order valence-corrected chi connectivity index (χ3v) is 6.39.